The number of non-ortho nitro benzene ring substituents is 2. The standard InChI is InChI=1S/C18H18N4O6/c1-28-17-4-2-13(3-5-17)19-14-6-7-20(11-14)18(23)12-8-15(21(24)25)10-16(9-12)22(26)27/h2-5,8-10,14,19H,6-7,11H2,1H3. The minimum absolute atomic E-state index is 0.00558. The second-order valence-corrected chi connectivity index (χ2v) is 6.36. The van der Waals surface area contributed by atoms with Crippen molar-refractivity contribution in [2.75, 3.05) is 25.5 Å². The molecule has 0 aromatic heterocycles. The first-order valence-corrected chi connectivity index (χ1v) is 8.51. The second-order valence-electron chi connectivity index (χ2n) is 6.36. The SMILES string of the molecule is COc1ccc(NC2CCN(C(=O)c3cc([N+](=O)[O-])cc([N+](=O)[O-])c3)C2)cc1. The molecule has 10 heteroatoms. The summed E-state index contributed by atoms with van der Waals surface area (Å²) in [7, 11) is 1.58. The quantitative estimate of drug-likeness (QED) is 0.597. The average molecular weight is 386 g/mol. The molecule has 28 heavy (non-hydrogen) atoms. The maximum absolute atomic E-state index is 12.7. The van der Waals surface area contributed by atoms with Crippen molar-refractivity contribution in [2.45, 2.75) is 12.5 Å². The number of nitro groups is 2. The highest BCUT2D eigenvalue weighted by Crippen LogP contribution is 2.25. The van der Waals surface area contributed by atoms with Crippen LogP contribution in [-0.4, -0.2) is 46.9 Å². The third-order valence-electron chi connectivity index (χ3n) is 4.51. The number of nitro benzene ring substituents is 2. The van der Waals surface area contributed by atoms with Gasteiger partial charge in [-0.3, -0.25) is 25.0 Å². The number of ether oxygens (including phenoxy) is 1. The molecule has 10 nitrogen and oxygen atoms in total. The number of likely N-dealkylation sites (tertiary alicyclic amines) is 1. The van der Waals surface area contributed by atoms with Crippen LogP contribution in [0, 0.1) is 20.2 Å². The van der Waals surface area contributed by atoms with Gasteiger partial charge in [0.1, 0.15) is 5.75 Å². The van der Waals surface area contributed by atoms with Gasteiger partial charge in [-0.15, -0.1) is 0 Å². The molecule has 2 aromatic rings. The maximum atomic E-state index is 12.7. The Labute approximate surface area is 160 Å². The normalized spacial score (nSPS) is 15.9. The summed E-state index contributed by atoms with van der Waals surface area (Å²) in [4.78, 5) is 34.8. The Morgan fingerprint density at radius 3 is 2.25 bits per heavy atom. The zero-order chi connectivity index (χ0) is 20.3. The van der Waals surface area contributed by atoms with Crippen LogP contribution in [0.4, 0.5) is 17.1 Å². The van der Waals surface area contributed by atoms with Crippen molar-refractivity contribution in [2.24, 2.45) is 0 Å². The van der Waals surface area contributed by atoms with Crippen LogP contribution < -0.4 is 10.1 Å². The van der Waals surface area contributed by atoms with E-state index in [1.165, 1.54) is 4.90 Å². The van der Waals surface area contributed by atoms with Crippen LogP contribution in [0.2, 0.25) is 0 Å². The highest BCUT2D eigenvalue weighted by atomic mass is 16.6. The van der Waals surface area contributed by atoms with E-state index in [4.69, 9.17) is 4.74 Å². The van der Waals surface area contributed by atoms with Crippen LogP contribution >= 0.6 is 0 Å². The number of hydrogen-bond acceptors (Lipinski definition) is 7. The summed E-state index contributed by atoms with van der Waals surface area (Å²) in [5.41, 5.74) is -0.147. The van der Waals surface area contributed by atoms with E-state index >= 15 is 0 Å². The van der Waals surface area contributed by atoms with Crippen molar-refractivity contribution in [3.05, 3.63) is 68.3 Å². The molecular weight excluding hydrogens is 368 g/mol. The Balaban J connectivity index is 1.71. The average Bonchev–Trinajstić information content (AvgIpc) is 3.16. The topological polar surface area (TPSA) is 128 Å². The van der Waals surface area contributed by atoms with Crippen molar-refractivity contribution >= 4 is 23.0 Å². The molecule has 2 aromatic carbocycles. The van der Waals surface area contributed by atoms with E-state index in [1.54, 1.807) is 7.11 Å². The van der Waals surface area contributed by atoms with E-state index in [0.29, 0.717) is 19.5 Å². The van der Waals surface area contributed by atoms with Crippen LogP contribution in [0.1, 0.15) is 16.8 Å². The van der Waals surface area contributed by atoms with E-state index < -0.39 is 27.1 Å². The van der Waals surface area contributed by atoms with Gasteiger partial charge in [0.15, 0.2) is 0 Å². The van der Waals surface area contributed by atoms with Gasteiger partial charge in [-0.1, -0.05) is 0 Å². The number of anilines is 1. The van der Waals surface area contributed by atoms with Gasteiger partial charge >= 0.3 is 0 Å². The fourth-order valence-electron chi connectivity index (χ4n) is 3.10. The number of rotatable bonds is 6. The predicted molar refractivity (Wildman–Crippen MR) is 101 cm³/mol. The summed E-state index contributed by atoms with van der Waals surface area (Å²) in [5, 5.41) is 25.3. The zero-order valence-corrected chi connectivity index (χ0v) is 15.0. The summed E-state index contributed by atoms with van der Waals surface area (Å²) >= 11 is 0. The molecule has 1 N–H and O–H groups in total. The van der Waals surface area contributed by atoms with Gasteiger partial charge in [-0.2, -0.15) is 0 Å². The summed E-state index contributed by atoms with van der Waals surface area (Å²) in [6.07, 6.45) is 0.689. The van der Waals surface area contributed by atoms with Gasteiger partial charge in [-0.05, 0) is 30.7 Å². The lowest BCUT2D eigenvalue weighted by Gasteiger charge is -2.18. The Morgan fingerprint density at radius 1 is 1.11 bits per heavy atom. The van der Waals surface area contributed by atoms with Crippen LogP contribution in [0.25, 0.3) is 0 Å². The Hall–Kier alpha value is -3.69. The highest BCUT2D eigenvalue weighted by molar-refractivity contribution is 5.95. The first-order valence-electron chi connectivity index (χ1n) is 8.51. The van der Waals surface area contributed by atoms with Crippen molar-refractivity contribution in [3.63, 3.8) is 0 Å². The maximum Gasteiger partial charge on any atom is 0.277 e. The molecule has 146 valence electrons. The summed E-state index contributed by atoms with van der Waals surface area (Å²) in [6, 6.07) is 10.4. The molecule has 1 unspecified atom stereocenters. The molecule has 1 fully saturated rings. The fourth-order valence-corrected chi connectivity index (χ4v) is 3.10. The molecule has 1 aliphatic rings. The van der Waals surface area contributed by atoms with Crippen LogP contribution in [0.5, 0.6) is 5.75 Å². The smallest absolute Gasteiger partial charge is 0.277 e. The molecule has 1 aliphatic heterocycles. The van der Waals surface area contributed by atoms with Crippen LogP contribution in [-0.2, 0) is 0 Å². The minimum Gasteiger partial charge on any atom is -0.497 e. The van der Waals surface area contributed by atoms with Gasteiger partial charge in [0, 0.05) is 37.0 Å². The lowest BCUT2D eigenvalue weighted by molar-refractivity contribution is -0.394. The Morgan fingerprint density at radius 2 is 1.71 bits per heavy atom. The van der Waals surface area contributed by atoms with E-state index in [0.717, 1.165) is 29.6 Å². The highest BCUT2D eigenvalue weighted by Gasteiger charge is 2.29. The third-order valence-corrected chi connectivity index (χ3v) is 4.51. The number of nitrogens with one attached hydrogen (secondary N) is 1. The van der Waals surface area contributed by atoms with Gasteiger partial charge in [-0.25, -0.2) is 0 Å². The molecule has 1 atom stereocenters. The van der Waals surface area contributed by atoms with Gasteiger partial charge in [0.2, 0.25) is 0 Å². The van der Waals surface area contributed by atoms with Crippen LogP contribution in [0.15, 0.2) is 42.5 Å². The molecule has 3 rings (SSSR count). The van der Waals surface area contributed by atoms with Gasteiger partial charge in [0.05, 0.1) is 28.6 Å². The van der Waals surface area contributed by atoms with Gasteiger partial charge < -0.3 is 15.0 Å². The number of methoxy groups -OCH3 is 1. The molecule has 0 aliphatic carbocycles. The minimum atomic E-state index is -0.748. The molecule has 1 amide bonds. The molecule has 1 saturated heterocycles. The summed E-state index contributed by atoms with van der Waals surface area (Å²) < 4.78 is 5.11. The van der Waals surface area contributed by atoms with E-state index in [1.807, 2.05) is 24.3 Å². The van der Waals surface area contributed by atoms with E-state index in [9.17, 15) is 25.0 Å². The zero-order valence-electron chi connectivity index (χ0n) is 15.0. The summed E-state index contributed by atoms with van der Waals surface area (Å²) in [6.45, 7) is 0.838. The van der Waals surface area contributed by atoms with Gasteiger partial charge in [0.25, 0.3) is 17.3 Å². The lowest BCUT2D eigenvalue weighted by Crippen LogP contribution is -2.31. The number of carbonyl (C=O) groups is 1. The number of nitrogens with zero attached hydrogens (tertiary/aromatic N) is 3. The predicted octanol–water partition coefficient (Wildman–Crippen LogP) is 2.84. The molecule has 1 heterocycles. The largest absolute Gasteiger partial charge is 0.497 e. The van der Waals surface area contributed by atoms with Crippen LogP contribution in [0.3, 0.4) is 0 Å². The van der Waals surface area contributed by atoms with Crippen molar-refractivity contribution in [3.8, 4) is 5.75 Å². The molecule has 0 saturated carbocycles. The third kappa shape index (κ3) is 4.17. The Kier molecular flexibility index (Phi) is 5.39. The lowest BCUT2D eigenvalue weighted by atomic mass is 10.1. The molecule has 0 spiro atoms. The van der Waals surface area contributed by atoms with Crippen molar-refractivity contribution < 1.29 is 19.4 Å². The number of amides is 1. The monoisotopic (exact) mass is 386 g/mol. The molecule has 0 radical (unpaired) electrons. The van der Waals surface area contributed by atoms with E-state index in [2.05, 4.69) is 5.32 Å². The molecular formula is C18H18N4O6. The van der Waals surface area contributed by atoms with Crippen molar-refractivity contribution in [1.29, 1.82) is 0 Å². The fraction of sp³-hybridized carbons (Fsp3) is 0.278. The number of hydrogen-bond donors (Lipinski definition) is 1. The van der Waals surface area contributed by atoms with Crippen molar-refractivity contribution in [1.82, 2.24) is 4.90 Å². The Bertz CT molecular complexity index is 883. The first kappa shape index (κ1) is 19.1. The number of carbonyl (C=O) groups excluding carboxylic acids is 1. The van der Waals surface area contributed by atoms with E-state index in [-0.39, 0.29) is 11.6 Å². The summed E-state index contributed by atoms with van der Waals surface area (Å²) in [5.74, 6) is 0.270. The number of benzene rings is 2. The first-order chi connectivity index (χ1) is 13.4. The molecule has 0 bridgehead atoms. The second kappa shape index (κ2) is 7.91.